The lowest BCUT2D eigenvalue weighted by molar-refractivity contribution is 0.0429. The van der Waals surface area contributed by atoms with E-state index in [0.717, 1.165) is 0 Å². The monoisotopic (exact) mass is 283 g/mol. The average molecular weight is 284 g/mol. The number of hydrogen-bond donors (Lipinski definition) is 3. The van der Waals surface area contributed by atoms with Gasteiger partial charge in [-0.3, -0.25) is 4.79 Å². The molecule has 7 heteroatoms. The number of aliphatic hydroxyl groups is 1. The molecule has 1 aromatic heterocycles. The zero-order valence-corrected chi connectivity index (χ0v) is 10.4. The summed E-state index contributed by atoms with van der Waals surface area (Å²) in [5.74, 6) is -1.47. The minimum atomic E-state index is -0.996. The van der Waals surface area contributed by atoms with Crippen LogP contribution in [0.1, 0.15) is 10.4 Å². The van der Waals surface area contributed by atoms with Crippen LogP contribution in [0.3, 0.4) is 0 Å². The highest BCUT2D eigenvalue weighted by atomic mass is 35.5. The smallest absolute Gasteiger partial charge is 0.347 e. The Labute approximate surface area is 112 Å². The van der Waals surface area contributed by atoms with Crippen LogP contribution < -0.4 is 5.56 Å². The zero-order valence-electron chi connectivity index (χ0n) is 9.64. The number of carbonyl (C=O) groups excluding carboxylic acids is 1. The normalized spacial score (nSPS) is 10.6. The number of aliphatic hydroxyl groups excluding tert-OH is 1. The predicted octanol–water partition coefficient (Wildman–Crippen LogP) is 1.04. The van der Waals surface area contributed by atoms with Crippen molar-refractivity contribution in [1.82, 2.24) is 4.98 Å². The number of aromatic hydroxyl groups is 1. The maximum absolute atomic E-state index is 11.7. The van der Waals surface area contributed by atoms with E-state index in [1.54, 1.807) is 0 Å². The number of pyridine rings is 1. The van der Waals surface area contributed by atoms with Gasteiger partial charge < -0.3 is 19.9 Å². The SMILES string of the molecule is O=C(OCCO)c1c(O)c2ccc(Cl)cc2[nH]c1=O. The summed E-state index contributed by atoms with van der Waals surface area (Å²) in [5, 5.41) is 19.2. The van der Waals surface area contributed by atoms with E-state index in [0.29, 0.717) is 10.5 Å². The van der Waals surface area contributed by atoms with E-state index in [1.807, 2.05) is 0 Å². The summed E-state index contributed by atoms with van der Waals surface area (Å²) in [7, 11) is 0. The lowest BCUT2D eigenvalue weighted by atomic mass is 10.1. The second-order valence-electron chi connectivity index (χ2n) is 3.73. The van der Waals surface area contributed by atoms with Crippen molar-refractivity contribution >= 4 is 28.5 Å². The molecule has 6 nitrogen and oxygen atoms in total. The van der Waals surface area contributed by atoms with Crippen molar-refractivity contribution in [2.24, 2.45) is 0 Å². The van der Waals surface area contributed by atoms with Crippen LogP contribution in [0.2, 0.25) is 5.02 Å². The number of rotatable bonds is 3. The lowest BCUT2D eigenvalue weighted by Gasteiger charge is -2.07. The van der Waals surface area contributed by atoms with Crippen LogP contribution in [0.5, 0.6) is 5.75 Å². The number of aromatic nitrogens is 1. The second kappa shape index (κ2) is 5.29. The van der Waals surface area contributed by atoms with Gasteiger partial charge in [0.05, 0.1) is 12.1 Å². The quantitative estimate of drug-likeness (QED) is 0.731. The molecule has 2 aromatic rings. The molecule has 0 radical (unpaired) electrons. The number of esters is 1. The summed E-state index contributed by atoms with van der Waals surface area (Å²) in [4.78, 5) is 25.8. The van der Waals surface area contributed by atoms with Gasteiger partial charge in [0, 0.05) is 10.4 Å². The van der Waals surface area contributed by atoms with Crippen molar-refractivity contribution in [1.29, 1.82) is 0 Å². The molecule has 0 aliphatic rings. The van der Waals surface area contributed by atoms with Crippen molar-refractivity contribution in [3.63, 3.8) is 0 Å². The molecule has 0 unspecified atom stereocenters. The highest BCUT2D eigenvalue weighted by Crippen LogP contribution is 2.27. The van der Waals surface area contributed by atoms with Gasteiger partial charge in [0.15, 0.2) is 5.56 Å². The number of carbonyl (C=O) groups is 1. The van der Waals surface area contributed by atoms with Crippen molar-refractivity contribution in [2.75, 3.05) is 13.2 Å². The summed E-state index contributed by atoms with van der Waals surface area (Å²) in [5.41, 5.74) is -0.966. The van der Waals surface area contributed by atoms with Gasteiger partial charge in [0.25, 0.3) is 5.56 Å². The molecule has 3 N–H and O–H groups in total. The summed E-state index contributed by atoms with van der Waals surface area (Å²) >= 11 is 5.77. The first-order chi connectivity index (χ1) is 9.04. The Bertz CT molecular complexity index is 694. The molecule has 0 aliphatic heterocycles. The number of aromatic amines is 1. The average Bonchev–Trinajstić information content (AvgIpc) is 2.35. The van der Waals surface area contributed by atoms with Crippen LogP contribution in [-0.4, -0.2) is 34.4 Å². The largest absolute Gasteiger partial charge is 0.506 e. The van der Waals surface area contributed by atoms with E-state index in [2.05, 4.69) is 9.72 Å². The molecule has 2 rings (SSSR count). The Morgan fingerprint density at radius 3 is 2.84 bits per heavy atom. The maximum atomic E-state index is 11.7. The van der Waals surface area contributed by atoms with E-state index in [4.69, 9.17) is 16.7 Å². The molecule has 0 aliphatic carbocycles. The van der Waals surface area contributed by atoms with Gasteiger partial charge in [0.2, 0.25) is 0 Å². The molecule has 0 atom stereocenters. The number of hydrogen-bond acceptors (Lipinski definition) is 5. The van der Waals surface area contributed by atoms with Crippen molar-refractivity contribution < 1.29 is 19.7 Å². The summed E-state index contributed by atoms with van der Waals surface area (Å²) in [6.45, 7) is -0.621. The number of ether oxygens (including phenoxy) is 1. The van der Waals surface area contributed by atoms with E-state index < -0.39 is 22.8 Å². The molecular formula is C12H10ClNO5. The predicted molar refractivity (Wildman–Crippen MR) is 68.6 cm³/mol. The molecule has 0 amide bonds. The van der Waals surface area contributed by atoms with Crippen LogP contribution in [0.15, 0.2) is 23.0 Å². The Kier molecular flexibility index (Phi) is 3.73. The first kappa shape index (κ1) is 13.4. The van der Waals surface area contributed by atoms with Crippen LogP contribution in [0.25, 0.3) is 10.9 Å². The second-order valence-corrected chi connectivity index (χ2v) is 4.16. The van der Waals surface area contributed by atoms with E-state index >= 15 is 0 Å². The highest BCUT2D eigenvalue weighted by molar-refractivity contribution is 6.31. The van der Waals surface area contributed by atoms with Gasteiger partial charge >= 0.3 is 5.97 Å². The Balaban J connectivity index is 2.60. The summed E-state index contributed by atoms with van der Waals surface area (Å²) in [6, 6.07) is 4.46. The summed E-state index contributed by atoms with van der Waals surface area (Å²) in [6.07, 6.45) is 0. The molecular weight excluding hydrogens is 274 g/mol. The maximum Gasteiger partial charge on any atom is 0.347 e. The van der Waals surface area contributed by atoms with E-state index in [-0.39, 0.29) is 18.6 Å². The number of nitrogens with one attached hydrogen (secondary N) is 1. The molecule has 0 fully saturated rings. The Hall–Kier alpha value is -2.05. The third-order valence-corrected chi connectivity index (χ3v) is 2.71. The minimum absolute atomic E-state index is 0.254. The standard InChI is InChI=1S/C12H10ClNO5/c13-6-1-2-7-8(5-6)14-11(17)9(10(7)16)12(18)19-4-3-15/h1-2,5,15H,3-4H2,(H2,14,16,17). The molecule has 0 saturated carbocycles. The molecule has 19 heavy (non-hydrogen) atoms. The fraction of sp³-hybridized carbons (Fsp3) is 0.167. The topological polar surface area (TPSA) is 99.6 Å². The third-order valence-electron chi connectivity index (χ3n) is 2.48. The number of halogens is 1. The Morgan fingerprint density at radius 2 is 2.16 bits per heavy atom. The molecule has 1 aromatic carbocycles. The fourth-order valence-corrected chi connectivity index (χ4v) is 1.83. The fourth-order valence-electron chi connectivity index (χ4n) is 1.65. The van der Waals surface area contributed by atoms with Crippen LogP contribution in [0, 0.1) is 0 Å². The first-order valence-electron chi connectivity index (χ1n) is 5.37. The number of H-pyrrole nitrogens is 1. The molecule has 0 bridgehead atoms. The van der Waals surface area contributed by atoms with Gasteiger partial charge in [-0.1, -0.05) is 11.6 Å². The van der Waals surface area contributed by atoms with Crippen molar-refractivity contribution in [2.45, 2.75) is 0 Å². The van der Waals surface area contributed by atoms with Gasteiger partial charge in [-0.15, -0.1) is 0 Å². The molecule has 0 saturated heterocycles. The van der Waals surface area contributed by atoms with Crippen LogP contribution >= 0.6 is 11.6 Å². The van der Waals surface area contributed by atoms with Gasteiger partial charge in [-0.2, -0.15) is 0 Å². The zero-order chi connectivity index (χ0) is 14.0. The minimum Gasteiger partial charge on any atom is -0.506 e. The molecule has 0 spiro atoms. The summed E-state index contributed by atoms with van der Waals surface area (Å²) < 4.78 is 4.62. The van der Waals surface area contributed by atoms with Crippen LogP contribution in [0.4, 0.5) is 0 Å². The van der Waals surface area contributed by atoms with E-state index in [1.165, 1.54) is 18.2 Å². The van der Waals surface area contributed by atoms with E-state index in [9.17, 15) is 14.7 Å². The first-order valence-corrected chi connectivity index (χ1v) is 5.75. The number of fused-ring (bicyclic) bond motifs is 1. The van der Waals surface area contributed by atoms with Crippen molar-refractivity contribution in [3.8, 4) is 5.75 Å². The molecule has 100 valence electrons. The van der Waals surface area contributed by atoms with Gasteiger partial charge in [0.1, 0.15) is 12.4 Å². The third kappa shape index (κ3) is 2.54. The van der Waals surface area contributed by atoms with Gasteiger partial charge in [-0.25, -0.2) is 4.79 Å². The number of benzene rings is 1. The van der Waals surface area contributed by atoms with Gasteiger partial charge in [-0.05, 0) is 18.2 Å². The molecule has 1 heterocycles. The Morgan fingerprint density at radius 1 is 1.42 bits per heavy atom. The van der Waals surface area contributed by atoms with Crippen LogP contribution in [-0.2, 0) is 4.74 Å². The highest BCUT2D eigenvalue weighted by Gasteiger charge is 2.20. The lowest BCUT2D eigenvalue weighted by Crippen LogP contribution is -2.21. The van der Waals surface area contributed by atoms with Crippen molar-refractivity contribution in [3.05, 3.63) is 39.1 Å².